The molecule has 0 saturated carbocycles. The predicted octanol–water partition coefficient (Wildman–Crippen LogP) is 2.27. The van der Waals surface area contributed by atoms with Gasteiger partial charge in [-0.3, -0.25) is 0 Å². The Morgan fingerprint density at radius 2 is 1.77 bits per heavy atom. The highest BCUT2D eigenvalue weighted by atomic mass is 16.3. The van der Waals surface area contributed by atoms with Gasteiger partial charge in [0.1, 0.15) is 0 Å². The standard InChI is InChI=1S/C11H25NO/c1-4-6-8-11(13)10-12(3)9-7-5-2/h11,13H,4-10H2,1-3H3. The van der Waals surface area contributed by atoms with Gasteiger partial charge in [0, 0.05) is 6.54 Å². The van der Waals surface area contributed by atoms with Gasteiger partial charge in [-0.05, 0) is 26.4 Å². The zero-order chi connectivity index (χ0) is 10.1. The highest BCUT2D eigenvalue weighted by Crippen LogP contribution is 2.02. The van der Waals surface area contributed by atoms with Crippen molar-refractivity contribution in [1.82, 2.24) is 4.90 Å². The van der Waals surface area contributed by atoms with E-state index in [1.165, 1.54) is 19.3 Å². The fourth-order valence-electron chi connectivity index (χ4n) is 1.41. The molecule has 0 rings (SSSR count). The van der Waals surface area contributed by atoms with Crippen LogP contribution in [-0.2, 0) is 0 Å². The van der Waals surface area contributed by atoms with Crippen molar-refractivity contribution in [2.24, 2.45) is 0 Å². The average Bonchev–Trinajstić information content (AvgIpc) is 2.11. The number of likely N-dealkylation sites (N-methyl/N-ethyl adjacent to an activating group) is 1. The van der Waals surface area contributed by atoms with Crippen molar-refractivity contribution in [3.8, 4) is 0 Å². The van der Waals surface area contributed by atoms with Crippen LogP contribution in [0.2, 0.25) is 0 Å². The predicted molar refractivity (Wildman–Crippen MR) is 57.9 cm³/mol. The molecule has 0 aliphatic heterocycles. The van der Waals surface area contributed by atoms with Crippen LogP contribution in [0, 0.1) is 0 Å². The maximum Gasteiger partial charge on any atom is 0.0667 e. The molecule has 0 aliphatic rings. The van der Waals surface area contributed by atoms with E-state index in [1.54, 1.807) is 0 Å². The largest absolute Gasteiger partial charge is 0.392 e. The van der Waals surface area contributed by atoms with Crippen LogP contribution >= 0.6 is 0 Å². The van der Waals surface area contributed by atoms with Crippen LogP contribution in [0.4, 0.5) is 0 Å². The van der Waals surface area contributed by atoms with Crippen molar-refractivity contribution in [3.05, 3.63) is 0 Å². The normalized spacial score (nSPS) is 13.6. The molecule has 2 heteroatoms. The first-order valence-corrected chi connectivity index (χ1v) is 5.57. The summed E-state index contributed by atoms with van der Waals surface area (Å²) in [5.41, 5.74) is 0. The van der Waals surface area contributed by atoms with Crippen LogP contribution in [0.15, 0.2) is 0 Å². The number of hydrogen-bond donors (Lipinski definition) is 1. The molecule has 1 unspecified atom stereocenters. The number of aliphatic hydroxyl groups is 1. The summed E-state index contributed by atoms with van der Waals surface area (Å²) in [7, 11) is 2.09. The Kier molecular flexibility index (Phi) is 8.46. The van der Waals surface area contributed by atoms with Gasteiger partial charge in [-0.15, -0.1) is 0 Å². The number of rotatable bonds is 8. The van der Waals surface area contributed by atoms with Crippen molar-refractivity contribution in [3.63, 3.8) is 0 Å². The zero-order valence-electron chi connectivity index (χ0n) is 9.42. The molecule has 0 aromatic carbocycles. The van der Waals surface area contributed by atoms with Crippen molar-refractivity contribution in [2.75, 3.05) is 20.1 Å². The smallest absolute Gasteiger partial charge is 0.0667 e. The SMILES string of the molecule is CCCCC(O)CN(C)CCCC. The van der Waals surface area contributed by atoms with E-state index in [1.807, 2.05) is 0 Å². The second kappa shape index (κ2) is 8.52. The second-order valence-electron chi connectivity index (χ2n) is 3.91. The average molecular weight is 187 g/mol. The number of hydrogen-bond acceptors (Lipinski definition) is 2. The molecule has 0 spiro atoms. The maximum atomic E-state index is 9.61. The minimum absolute atomic E-state index is 0.123. The molecule has 1 N–H and O–H groups in total. The number of unbranched alkanes of at least 4 members (excludes halogenated alkanes) is 2. The van der Waals surface area contributed by atoms with E-state index in [9.17, 15) is 5.11 Å². The topological polar surface area (TPSA) is 23.5 Å². The van der Waals surface area contributed by atoms with E-state index in [-0.39, 0.29) is 6.10 Å². The molecule has 1 atom stereocenters. The van der Waals surface area contributed by atoms with Crippen molar-refractivity contribution >= 4 is 0 Å². The zero-order valence-corrected chi connectivity index (χ0v) is 9.42. The van der Waals surface area contributed by atoms with Gasteiger partial charge in [0.2, 0.25) is 0 Å². The summed E-state index contributed by atoms with van der Waals surface area (Å²) in [4.78, 5) is 2.23. The lowest BCUT2D eigenvalue weighted by Crippen LogP contribution is -2.29. The van der Waals surface area contributed by atoms with Crippen LogP contribution < -0.4 is 0 Å². The van der Waals surface area contributed by atoms with E-state index >= 15 is 0 Å². The van der Waals surface area contributed by atoms with Gasteiger partial charge in [-0.1, -0.05) is 33.1 Å². The molecule has 13 heavy (non-hydrogen) atoms. The highest BCUT2D eigenvalue weighted by Gasteiger charge is 2.06. The third-order valence-electron chi connectivity index (χ3n) is 2.31. The first-order valence-electron chi connectivity index (χ1n) is 5.57. The van der Waals surface area contributed by atoms with Crippen LogP contribution in [0.25, 0.3) is 0 Å². The van der Waals surface area contributed by atoms with E-state index in [0.29, 0.717) is 0 Å². The van der Waals surface area contributed by atoms with Gasteiger partial charge in [-0.25, -0.2) is 0 Å². The second-order valence-corrected chi connectivity index (χ2v) is 3.91. The Labute approximate surface area is 82.9 Å². The summed E-state index contributed by atoms with van der Waals surface area (Å²) in [6, 6.07) is 0. The van der Waals surface area contributed by atoms with Gasteiger partial charge in [0.25, 0.3) is 0 Å². The molecule has 0 fully saturated rings. The molecular formula is C11H25NO. The number of nitrogens with zero attached hydrogens (tertiary/aromatic N) is 1. The lowest BCUT2D eigenvalue weighted by molar-refractivity contribution is 0.115. The van der Waals surface area contributed by atoms with Gasteiger partial charge in [0.05, 0.1) is 6.10 Å². The molecular weight excluding hydrogens is 162 g/mol. The van der Waals surface area contributed by atoms with Gasteiger partial charge < -0.3 is 10.0 Å². The van der Waals surface area contributed by atoms with Crippen LogP contribution in [0.3, 0.4) is 0 Å². The Morgan fingerprint density at radius 1 is 1.15 bits per heavy atom. The molecule has 0 aromatic heterocycles. The van der Waals surface area contributed by atoms with Gasteiger partial charge in [-0.2, -0.15) is 0 Å². The third-order valence-corrected chi connectivity index (χ3v) is 2.31. The van der Waals surface area contributed by atoms with Crippen molar-refractivity contribution < 1.29 is 5.11 Å². The van der Waals surface area contributed by atoms with Crippen LogP contribution in [-0.4, -0.2) is 36.2 Å². The molecule has 0 amide bonds. The maximum absolute atomic E-state index is 9.61. The first kappa shape index (κ1) is 12.9. The highest BCUT2D eigenvalue weighted by molar-refractivity contribution is 4.61. The Bertz CT molecular complexity index is 94.3. The summed E-state index contributed by atoms with van der Waals surface area (Å²) in [5.74, 6) is 0. The molecule has 2 nitrogen and oxygen atoms in total. The first-order chi connectivity index (χ1) is 6.20. The van der Waals surface area contributed by atoms with Gasteiger partial charge >= 0.3 is 0 Å². The van der Waals surface area contributed by atoms with Crippen LogP contribution in [0.5, 0.6) is 0 Å². The lowest BCUT2D eigenvalue weighted by Gasteiger charge is -2.19. The molecule has 0 aliphatic carbocycles. The molecule has 0 radical (unpaired) electrons. The number of aliphatic hydroxyl groups excluding tert-OH is 1. The third kappa shape index (κ3) is 8.26. The monoisotopic (exact) mass is 187 g/mol. The molecule has 0 aromatic rings. The fraction of sp³-hybridized carbons (Fsp3) is 1.00. The van der Waals surface area contributed by atoms with E-state index < -0.39 is 0 Å². The van der Waals surface area contributed by atoms with E-state index in [4.69, 9.17) is 0 Å². The molecule has 0 saturated heterocycles. The van der Waals surface area contributed by atoms with Crippen molar-refractivity contribution in [2.45, 2.75) is 52.1 Å². The van der Waals surface area contributed by atoms with Crippen LogP contribution in [0.1, 0.15) is 46.0 Å². The summed E-state index contributed by atoms with van der Waals surface area (Å²) >= 11 is 0. The molecule has 0 bridgehead atoms. The summed E-state index contributed by atoms with van der Waals surface area (Å²) < 4.78 is 0. The Balaban J connectivity index is 3.35. The van der Waals surface area contributed by atoms with Gasteiger partial charge in [0.15, 0.2) is 0 Å². The minimum Gasteiger partial charge on any atom is -0.392 e. The quantitative estimate of drug-likeness (QED) is 0.630. The van der Waals surface area contributed by atoms with E-state index in [0.717, 1.165) is 25.9 Å². The fourth-order valence-corrected chi connectivity index (χ4v) is 1.41. The molecule has 0 heterocycles. The van der Waals surface area contributed by atoms with E-state index in [2.05, 4.69) is 25.8 Å². The summed E-state index contributed by atoms with van der Waals surface area (Å²) in [6.45, 7) is 6.30. The Morgan fingerprint density at radius 3 is 2.31 bits per heavy atom. The Hall–Kier alpha value is -0.0800. The summed E-state index contributed by atoms with van der Waals surface area (Å²) in [5, 5.41) is 9.61. The minimum atomic E-state index is -0.123. The lowest BCUT2D eigenvalue weighted by atomic mass is 10.1. The summed E-state index contributed by atoms with van der Waals surface area (Å²) in [6.07, 6.45) is 5.61. The molecule has 80 valence electrons. The van der Waals surface area contributed by atoms with Crippen molar-refractivity contribution in [1.29, 1.82) is 0 Å².